The topological polar surface area (TPSA) is 162 Å². The second-order valence-electron chi connectivity index (χ2n) is 6.34. The summed E-state index contributed by atoms with van der Waals surface area (Å²) in [6.45, 7) is 1.99. The van der Waals surface area contributed by atoms with Crippen LogP contribution in [0.15, 0.2) is 46.8 Å². The van der Waals surface area contributed by atoms with Gasteiger partial charge in [-0.3, -0.25) is 4.79 Å². The van der Waals surface area contributed by atoms with Crippen LogP contribution in [0, 0.1) is 5.92 Å². The maximum absolute atomic E-state index is 11.5. The van der Waals surface area contributed by atoms with Gasteiger partial charge in [-0.25, -0.2) is 9.59 Å². The molecule has 27 heavy (non-hydrogen) atoms. The number of rotatable bonds is 7. The predicted molar refractivity (Wildman–Crippen MR) is 96.5 cm³/mol. The second-order valence-corrected chi connectivity index (χ2v) is 6.34. The van der Waals surface area contributed by atoms with Gasteiger partial charge in [0.05, 0.1) is 22.9 Å². The highest BCUT2D eigenvalue weighted by Gasteiger charge is 2.31. The monoisotopic (exact) mass is 377 g/mol. The molecular weight excluding hydrogens is 354 g/mol. The zero-order valence-corrected chi connectivity index (χ0v) is 14.8. The van der Waals surface area contributed by atoms with Crippen molar-refractivity contribution in [3.63, 3.8) is 0 Å². The van der Waals surface area contributed by atoms with Gasteiger partial charge in [0.25, 0.3) is 0 Å². The number of carbonyl (C=O) groups is 3. The molecule has 0 amide bonds. The molecule has 2 aliphatic heterocycles. The molecule has 0 aromatic rings. The number of carboxylic acids is 3. The minimum atomic E-state index is -1.08. The third-order valence-electron chi connectivity index (χ3n) is 4.50. The van der Waals surface area contributed by atoms with Gasteiger partial charge in [0.2, 0.25) is 0 Å². The van der Waals surface area contributed by atoms with Crippen molar-refractivity contribution in [2.75, 3.05) is 6.54 Å². The number of hydrogen-bond donors (Lipinski definition) is 6. The van der Waals surface area contributed by atoms with Crippen molar-refractivity contribution in [1.29, 1.82) is 0 Å². The number of nitrogens with one attached hydrogen (secondary N) is 2. The Kier molecular flexibility index (Phi) is 6.40. The van der Waals surface area contributed by atoms with E-state index in [0.29, 0.717) is 24.4 Å². The molecule has 0 spiro atoms. The third kappa shape index (κ3) is 4.98. The lowest BCUT2D eigenvalue weighted by Gasteiger charge is -2.33. The van der Waals surface area contributed by atoms with Gasteiger partial charge in [0, 0.05) is 24.2 Å². The average Bonchev–Trinajstić information content (AvgIpc) is 2.65. The first-order valence-electron chi connectivity index (χ1n) is 8.53. The molecule has 0 saturated carbocycles. The van der Waals surface area contributed by atoms with E-state index in [1.54, 1.807) is 6.92 Å². The molecule has 0 aliphatic carbocycles. The molecule has 0 aromatic carbocycles. The highest BCUT2D eigenvalue weighted by Crippen LogP contribution is 2.24. The first-order valence-corrected chi connectivity index (χ1v) is 8.53. The molecule has 3 unspecified atom stereocenters. The summed E-state index contributed by atoms with van der Waals surface area (Å²) in [7, 11) is 0. The van der Waals surface area contributed by atoms with E-state index in [4.69, 9.17) is 15.9 Å². The Morgan fingerprint density at radius 1 is 1.30 bits per heavy atom. The fourth-order valence-electron chi connectivity index (χ4n) is 2.99. The van der Waals surface area contributed by atoms with E-state index in [9.17, 15) is 19.5 Å². The molecule has 0 bridgehead atoms. The van der Waals surface area contributed by atoms with Crippen molar-refractivity contribution in [2.45, 2.75) is 31.8 Å². The summed E-state index contributed by atoms with van der Waals surface area (Å²) in [6.07, 6.45) is 6.34. The van der Waals surface area contributed by atoms with Crippen LogP contribution in [-0.2, 0) is 14.4 Å². The first-order chi connectivity index (χ1) is 12.7. The summed E-state index contributed by atoms with van der Waals surface area (Å²) < 4.78 is 0. The Hall–Kier alpha value is -3.07. The van der Waals surface area contributed by atoms with E-state index in [0.717, 1.165) is 0 Å². The molecule has 9 heteroatoms. The van der Waals surface area contributed by atoms with Crippen molar-refractivity contribution < 1.29 is 29.7 Å². The van der Waals surface area contributed by atoms with Crippen LogP contribution in [-0.4, -0.2) is 51.9 Å². The lowest BCUT2D eigenvalue weighted by Crippen LogP contribution is -2.49. The molecule has 0 fully saturated rings. The molecule has 0 saturated heterocycles. The maximum Gasteiger partial charge on any atom is 0.335 e. The Labute approximate surface area is 155 Å². The molecule has 2 aliphatic rings. The number of nitrogens with two attached hydrogens (primary N) is 1. The van der Waals surface area contributed by atoms with Crippen LogP contribution in [0.2, 0.25) is 0 Å². The highest BCUT2D eigenvalue weighted by atomic mass is 16.4. The van der Waals surface area contributed by atoms with Gasteiger partial charge >= 0.3 is 17.9 Å². The van der Waals surface area contributed by atoms with Crippen LogP contribution < -0.4 is 16.4 Å². The molecule has 9 nitrogen and oxygen atoms in total. The second kappa shape index (κ2) is 8.54. The Morgan fingerprint density at radius 3 is 2.56 bits per heavy atom. The summed E-state index contributed by atoms with van der Waals surface area (Å²) >= 11 is 0. The third-order valence-corrected chi connectivity index (χ3v) is 4.50. The standard InChI is InChI=1S/C18H23N3O6/c1-2-9(16(22)23)5-12(19)13-7-11(18(26)27)8-15(21-13)14-6-10(17(24)25)3-4-20-14/h3,5-6,8,11-13,20-21H,2,4,7,19H2,1H3,(H,22,23)(H,24,25)(H,26,27)/b9-5+. The molecule has 2 rings (SSSR count). The van der Waals surface area contributed by atoms with Gasteiger partial charge in [-0.2, -0.15) is 0 Å². The minimum absolute atomic E-state index is 0.101. The van der Waals surface area contributed by atoms with Gasteiger partial charge in [0.1, 0.15) is 0 Å². The van der Waals surface area contributed by atoms with Gasteiger partial charge in [-0.1, -0.05) is 19.1 Å². The van der Waals surface area contributed by atoms with Crippen LogP contribution in [0.5, 0.6) is 0 Å². The lowest BCUT2D eigenvalue weighted by molar-refractivity contribution is -0.140. The van der Waals surface area contributed by atoms with Crippen molar-refractivity contribution in [1.82, 2.24) is 10.6 Å². The summed E-state index contributed by atoms with van der Waals surface area (Å²) in [5, 5.41) is 33.9. The fourth-order valence-corrected chi connectivity index (χ4v) is 2.99. The molecule has 7 N–H and O–H groups in total. The molecule has 0 radical (unpaired) electrons. The normalized spacial score (nSPS) is 23.8. The van der Waals surface area contributed by atoms with Crippen molar-refractivity contribution in [3.05, 3.63) is 46.8 Å². The molecule has 0 aromatic heterocycles. The first kappa shape index (κ1) is 20.2. The number of aliphatic carboxylic acids is 3. The van der Waals surface area contributed by atoms with Crippen LogP contribution in [0.25, 0.3) is 0 Å². The van der Waals surface area contributed by atoms with E-state index < -0.39 is 35.9 Å². The smallest absolute Gasteiger partial charge is 0.335 e. The molecule has 3 atom stereocenters. The Bertz CT molecular complexity index is 765. The van der Waals surface area contributed by atoms with Crippen LogP contribution in [0.1, 0.15) is 19.8 Å². The number of dihydropyridines is 1. The van der Waals surface area contributed by atoms with Gasteiger partial charge in [0.15, 0.2) is 0 Å². The van der Waals surface area contributed by atoms with Gasteiger partial charge < -0.3 is 31.7 Å². The molecule has 2 heterocycles. The number of carboxylic acid groups (broad SMARTS) is 3. The van der Waals surface area contributed by atoms with E-state index in [1.165, 1.54) is 24.3 Å². The van der Waals surface area contributed by atoms with E-state index in [1.807, 2.05) is 0 Å². The Morgan fingerprint density at radius 2 is 2.00 bits per heavy atom. The predicted octanol–water partition coefficient (Wildman–Crippen LogP) is 0.179. The minimum Gasteiger partial charge on any atom is -0.481 e. The highest BCUT2D eigenvalue weighted by molar-refractivity contribution is 5.90. The van der Waals surface area contributed by atoms with Crippen molar-refractivity contribution in [2.24, 2.45) is 11.7 Å². The zero-order chi connectivity index (χ0) is 20.1. The van der Waals surface area contributed by atoms with Crippen LogP contribution >= 0.6 is 0 Å². The lowest BCUT2D eigenvalue weighted by atomic mass is 9.88. The Balaban J connectivity index is 2.31. The van der Waals surface area contributed by atoms with Crippen LogP contribution in [0.4, 0.5) is 0 Å². The summed E-state index contributed by atoms with van der Waals surface area (Å²) in [6, 6.07) is -1.24. The maximum atomic E-state index is 11.5. The van der Waals surface area contributed by atoms with E-state index in [-0.39, 0.29) is 17.6 Å². The van der Waals surface area contributed by atoms with Crippen LogP contribution in [0.3, 0.4) is 0 Å². The van der Waals surface area contributed by atoms with Gasteiger partial charge in [-0.05, 0) is 25.0 Å². The quantitative estimate of drug-likeness (QED) is 0.340. The average molecular weight is 377 g/mol. The van der Waals surface area contributed by atoms with Gasteiger partial charge in [-0.15, -0.1) is 0 Å². The largest absolute Gasteiger partial charge is 0.481 e. The fraction of sp³-hybridized carbons (Fsp3) is 0.389. The van der Waals surface area contributed by atoms with E-state index in [2.05, 4.69) is 10.6 Å². The van der Waals surface area contributed by atoms with Crippen molar-refractivity contribution in [3.8, 4) is 0 Å². The summed E-state index contributed by atoms with van der Waals surface area (Å²) in [4.78, 5) is 33.9. The zero-order valence-electron chi connectivity index (χ0n) is 14.8. The van der Waals surface area contributed by atoms with Crippen molar-refractivity contribution >= 4 is 17.9 Å². The molecular formula is C18H23N3O6. The summed E-state index contributed by atoms with van der Waals surface area (Å²) in [5.74, 6) is -4.01. The number of hydrogen-bond acceptors (Lipinski definition) is 6. The SMILES string of the molecule is CC/C(=C\C(N)C1CC(C(=O)O)C=C(C2=CC(C(=O)O)=CCN2)N1)C(=O)O. The van der Waals surface area contributed by atoms with E-state index >= 15 is 0 Å². The molecule has 146 valence electrons. The summed E-state index contributed by atoms with van der Waals surface area (Å²) in [5.41, 5.74) is 7.26.